The Morgan fingerprint density at radius 3 is 2.63 bits per heavy atom. The lowest BCUT2D eigenvalue weighted by Gasteiger charge is -2.35. The molecule has 1 aliphatic heterocycles. The van der Waals surface area contributed by atoms with E-state index in [2.05, 4.69) is 15.4 Å². The highest BCUT2D eigenvalue weighted by Crippen LogP contribution is 2.16. The molecule has 9 heteroatoms. The zero-order chi connectivity index (χ0) is 18.5. The van der Waals surface area contributed by atoms with Crippen molar-refractivity contribution in [2.24, 2.45) is 12.0 Å². The molecule has 0 atom stereocenters. The van der Waals surface area contributed by atoms with E-state index >= 15 is 0 Å². The Bertz CT molecular complexity index is 791. The van der Waals surface area contributed by atoms with Gasteiger partial charge in [-0.1, -0.05) is 23.7 Å². The van der Waals surface area contributed by atoms with Gasteiger partial charge in [-0.2, -0.15) is 5.10 Å². The minimum Gasteiger partial charge on any atom is -0.356 e. The van der Waals surface area contributed by atoms with E-state index in [1.165, 1.54) is 5.56 Å². The average Bonchev–Trinajstić information content (AvgIpc) is 3.06. The molecule has 0 saturated carbocycles. The molecule has 1 N–H and O–H groups in total. The third-order valence-corrected chi connectivity index (χ3v) is 4.60. The minimum atomic E-state index is 0. The number of benzene rings is 1. The lowest BCUT2D eigenvalue weighted by atomic mass is 10.1. The Hall–Kier alpha value is -1.81. The van der Waals surface area contributed by atoms with Crippen LogP contribution in [0, 0.1) is 0 Å². The minimum absolute atomic E-state index is 0. The molecule has 0 radical (unpaired) electrons. The molecule has 1 aromatic carbocycles. The van der Waals surface area contributed by atoms with Gasteiger partial charge in [-0.15, -0.1) is 24.0 Å². The zero-order valence-electron chi connectivity index (χ0n) is 15.4. The van der Waals surface area contributed by atoms with E-state index in [4.69, 9.17) is 11.6 Å². The van der Waals surface area contributed by atoms with Crippen molar-refractivity contribution >= 4 is 53.1 Å². The Morgan fingerprint density at radius 1 is 1.30 bits per heavy atom. The number of hydrogen-bond donors (Lipinski definition) is 1. The highest BCUT2D eigenvalue weighted by atomic mass is 127. The van der Waals surface area contributed by atoms with E-state index in [9.17, 15) is 4.79 Å². The summed E-state index contributed by atoms with van der Waals surface area (Å²) in [6.45, 7) is 2.38. The first-order valence-electron chi connectivity index (χ1n) is 8.56. The number of halogens is 2. The molecule has 0 unspecified atom stereocenters. The number of nitrogens with zero attached hydrogens (tertiary/aromatic N) is 5. The summed E-state index contributed by atoms with van der Waals surface area (Å²) < 4.78 is 1.70. The lowest BCUT2D eigenvalue weighted by Crippen LogP contribution is -2.55. The third kappa shape index (κ3) is 5.58. The number of rotatable bonds is 4. The summed E-state index contributed by atoms with van der Waals surface area (Å²) >= 11 is 5.91. The second-order valence-corrected chi connectivity index (χ2v) is 6.63. The highest BCUT2D eigenvalue weighted by molar-refractivity contribution is 14.0. The van der Waals surface area contributed by atoms with E-state index < -0.39 is 0 Å². The van der Waals surface area contributed by atoms with Crippen LogP contribution in [0.15, 0.2) is 41.7 Å². The molecule has 1 amide bonds. The van der Waals surface area contributed by atoms with Crippen LogP contribution in [0.3, 0.4) is 0 Å². The van der Waals surface area contributed by atoms with Crippen molar-refractivity contribution in [1.82, 2.24) is 20.0 Å². The van der Waals surface area contributed by atoms with Gasteiger partial charge in [-0.25, -0.2) is 0 Å². The van der Waals surface area contributed by atoms with Crippen molar-refractivity contribution in [3.8, 4) is 0 Å². The van der Waals surface area contributed by atoms with Gasteiger partial charge in [0.1, 0.15) is 6.54 Å². The Morgan fingerprint density at radius 2 is 2.04 bits per heavy atom. The number of carbonyl (C=O) groups is 1. The number of nitrogens with one attached hydrogen (secondary N) is 1. The maximum atomic E-state index is 12.5. The van der Waals surface area contributed by atoms with Gasteiger partial charge >= 0.3 is 0 Å². The molecule has 1 aliphatic rings. The fourth-order valence-corrected chi connectivity index (χ4v) is 3.10. The molecule has 0 spiro atoms. The highest BCUT2D eigenvalue weighted by Gasteiger charge is 2.27. The Kier molecular flexibility index (Phi) is 7.91. The number of carbonyl (C=O) groups excluding carboxylic acids is 1. The lowest BCUT2D eigenvalue weighted by molar-refractivity contribution is -0.120. The molecule has 27 heavy (non-hydrogen) atoms. The predicted octanol–water partition coefficient (Wildman–Crippen LogP) is 2.16. The fourth-order valence-electron chi connectivity index (χ4n) is 2.98. The molecule has 2 aromatic rings. The van der Waals surface area contributed by atoms with Crippen molar-refractivity contribution < 1.29 is 4.79 Å². The maximum absolute atomic E-state index is 12.5. The molecule has 3 rings (SSSR count). The van der Waals surface area contributed by atoms with Crippen LogP contribution in [0.25, 0.3) is 0 Å². The van der Waals surface area contributed by atoms with Crippen molar-refractivity contribution in [2.45, 2.75) is 6.42 Å². The number of aliphatic imine (C=N–C) groups is 1. The second-order valence-electron chi connectivity index (χ2n) is 6.19. The zero-order valence-corrected chi connectivity index (χ0v) is 18.5. The van der Waals surface area contributed by atoms with E-state index in [1.54, 1.807) is 22.8 Å². The van der Waals surface area contributed by atoms with Gasteiger partial charge < -0.3 is 15.1 Å². The normalized spacial score (nSPS) is 14.9. The molecule has 7 nitrogen and oxygen atoms in total. The van der Waals surface area contributed by atoms with Crippen molar-refractivity contribution in [3.63, 3.8) is 0 Å². The number of anilines is 1. The van der Waals surface area contributed by atoms with E-state index in [1.807, 2.05) is 42.4 Å². The van der Waals surface area contributed by atoms with Crippen LogP contribution in [0.1, 0.15) is 5.56 Å². The average molecular weight is 503 g/mol. The Labute approximate surface area is 181 Å². The van der Waals surface area contributed by atoms with Gasteiger partial charge in [0.2, 0.25) is 5.91 Å². The Balaban J connectivity index is 0.00000261. The summed E-state index contributed by atoms with van der Waals surface area (Å²) in [5, 5.41) is 8.21. The van der Waals surface area contributed by atoms with E-state index in [0.29, 0.717) is 13.1 Å². The number of amides is 1. The number of aryl methyl sites for hydroxylation is 1. The van der Waals surface area contributed by atoms with Crippen LogP contribution >= 0.6 is 35.6 Å². The first-order chi connectivity index (χ1) is 12.6. The molecular weight excluding hydrogens is 479 g/mol. The van der Waals surface area contributed by atoms with Gasteiger partial charge in [0, 0.05) is 44.9 Å². The van der Waals surface area contributed by atoms with Crippen molar-refractivity contribution in [2.75, 3.05) is 38.1 Å². The van der Waals surface area contributed by atoms with Gasteiger partial charge in [0.05, 0.1) is 11.9 Å². The molecule has 1 aromatic heterocycles. The largest absolute Gasteiger partial charge is 0.356 e. The van der Waals surface area contributed by atoms with Gasteiger partial charge in [0.25, 0.3) is 0 Å². The summed E-state index contributed by atoms with van der Waals surface area (Å²) in [5.41, 5.74) is 2.04. The molecule has 0 bridgehead atoms. The summed E-state index contributed by atoms with van der Waals surface area (Å²) in [5.74, 6) is 0.794. The SMILES string of the molecule is CN=C(NCCc1ccc(Cl)cc1)N1CCN(c2cnn(C)c2)C(=O)C1.I. The van der Waals surface area contributed by atoms with Gasteiger partial charge in [-0.05, 0) is 24.1 Å². The summed E-state index contributed by atoms with van der Waals surface area (Å²) in [7, 11) is 3.58. The number of guanidine groups is 1. The van der Waals surface area contributed by atoms with Crippen LogP contribution in [-0.2, 0) is 18.3 Å². The van der Waals surface area contributed by atoms with E-state index in [-0.39, 0.29) is 29.9 Å². The molecular formula is C18H24ClIN6O. The predicted molar refractivity (Wildman–Crippen MR) is 119 cm³/mol. The quantitative estimate of drug-likeness (QED) is 0.395. The van der Waals surface area contributed by atoms with Crippen LogP contribution in [0.4, 0.5) is 5.69 Å². The maximum Gasteiger partial charge on any atom is 0.246 e. The monoisotopic (exact) mass is 502 g/mol. The molecule has 146 valence electrons. The molecule has 1 saturated heterocycles. The van der Waals surface area contributed by atoms with Gasteiger partial charge in [0.15, 0.2) is 5.96 Å². The number of hydrogen-bond acceptors (Lipinski definition) is 3. The third-order valence-electron chi connectivity index (χ3n) is 4.35. The molecule has 2 heterocycles. The first-order valence-corrected chi connectivity index (χ1v) is 8.93. The topological polar surface area (TPSA) is 65.8 Å². The molecule has 1 fully saturated rings. The van der Waals surface area contributed by atoms with Gasteiger partial charge in [-0.3, -0.25) is 14.5 Å². The standard InChI is InChI=1S/C18H23ClN6O.HI/c1-20-18(21-8-7-14-3-5-15(19)6-4-14)24-9-10-25(17(26)13-24)16-11-22-23(2)12-16;/h3-6,11-12H,7-10,13H2,1-2H3,(H,20,21);1H. The summed E-state index contributed by atoms with van der Waals surface area (Å²) in [4.78, 5) is 20.6. The first kappa shape index (κ1) is 21.5. The number of aromatic nitrogens is 2. The number of piperazine rings is 1. The van der Waals surface area contributed by atoms with Crippen LogP contribution in [0.2, 0.25) is 5.02 Å². The van der Waals surface area contributed by atoms with Crippen molar-refractivity contribution in [1.29, 1.82) is 0 Å². The summed E-state index contributed by atoms with van der Waals surface area (Å²) in [6.07, 6.45) is 4.43. The van der Waals surface area contributed by atoms with Crippen LogP contribution < -0.4 is 10.2 Å². The second kappa shape index (κ2) is 9.93. The smallest absolute Gasteiger partial charge is 0.246 e. The molecule has 0 aliphatic carbocycles. The fraction of sp³-hybridized carbons (Fsp3) is 0.389. The van der Waals surface area contributed by atoms with Crippen LogP contribution in [0.5, 0.6) is 0 Å². The van der Waals surface area contributed by atoms with E-state index in [0.717, 1.165) is 36.2 Å². The van der Waals surface area contributed by atoms with Crippen LogP contribution in [-0.4, -0.2) is 59.8 Å². The van der Waals surface area contributed by atoms with Crippen molar-refractivity contribution in [3.05, 3.63) is 47.2 Å². The summed E-state index contributed by atoms with van der Waals surface area (Å²) in [6, 6.07) is 7.82.